The third-order valence-electron chi connectivity index (χ3n) is 4.20. The molecular weight excluding hydrogens is 376 g/mol. The van der Waals surface area contributed by atoms with Crippen LogP contribution in [0.4, 0.5) is 4.79 Å². The van der Waals surface area contributed by atoms with Gasteiger partial charge in [-0.15, -0.1) is 0 Å². The Hall–Kier alpha value is -3.42. The van der Waals surface area contributed by atoms with E-state index in [-0.39, 0.29) is 0 Å². The van der Waals surface area contributed by atoms with Gasteiger partial charge in [-0.3, -0.25) is 4.79 Å². The Morgan fingerprint density at radius 1 is 0.828 bits per heavy atom. The maximum Gasteiger partial charge on any atom is 0.412 e. The lowest BCUT2D eigenvalue weighted by molar-refractivity contribution is -0.109. The molecular formula is C21H26N2O6. The lowest BCUT2D eigenvalue weighted by Crippen LogP contribution is -2.28. The number of methoxy groups -OCH3 is 3. The second-order valence-electron chi connectivity index (χ2n) is 6.06. The second kappa shape index (κ2) is 11.4. The van der Waals surface area contributed by atoms with E-state index < -0.39 is 6.09 Å². The largest absolute Gasteiger partial charge is 0.493 e. The van der Waals surface area contributed by atoms with E-state index in [1.807, 2.05) is 24.3 Å². The summed E-state index contributed by atoms with van der Waals surface area (Å²) in [5, 5.41) is 5.32. The number of hydrogen-bond donors (Lipinski definition) is 2. The van der Waals surface area contributed by atoms with E-state index in [0.717, 1.165) is 11.1 Å². The monoisotopic (exact) mass is 402 g/mol. The molecule has 0 spiro atoms. The molecule has 0 bridgehead atoms. The molecule has 0 aliphatic carbocycles. The minimum atomic E-state index is -0.570. The summed E-state index contributed by atoms with van der Waals surface area (Å²) in [5.41, 5.74) is 1.95. The van der Waals surface area contributed by atoms with Crippen molar-refractivity contribution in [3.05, 3.63) is 47.5 Å². The Balaban J connectivity index is 1.88. The molecule has 0 fully saturated rings. The molecule has 0 heterocycles. The average Bonchev–Trinajstić information content (AvgIpc) is 2.74. The van der Waals surface area contributed by atoms with Crippen LogP contribution in [0.25, 0.3) is 0 Å². The molecule has 2 rings (SSSR count). The van der Waals surface area contributed by atoms with Gasteiger partial charge in [0, 0.05) is 13.1 Å². The van der Waals surface area contributed by atoms with Crippen LogP contribution in [-0.4, -0.2) is 46.9 Å². The maximum atomic E-state index is 12.1. The molecule has 2 amide bonds. The minimum Gasteiger partial charge on any atom is -0.493 e. The fourth-order valence-electron chi connectivity index (χ4n) is 2.71. The summed E-state index contributed by atoms with van der Waals surface area (Å²) in [7, 11) is 4.66. The zero-order valence-electron chi connectivity index (χ0n) is 16.8. The van der Waals surface area contributed by atoms with Crippen molar-refractivity contribution in [3.63, 3.8) is 0 Å². The van der Waals surface area contributed by atoms with Gasteiger partial charge in [-0.05, 0) is 48.2 Å². The SMILES string of the molecule is COc1ccc(CCNC(=O)Oc2ccc(CCNC=O)cc2OC)cc1OC. The number of benzene rings is 2. The van der Waals surface area contributed by atoms with Crippen molar-refractivity contribution < 1.29 is 28.5 Å². The van der Waals surface area contributed by atoms with Crippen LogP contribution in [0.3, 0.4) is 0 Å². The van der Waals surface area contributed by atoms with Gasteiger partial charge < -0.3 is 29.6 Å². The second-order valence-corrected chi connectivity index (χ2v) is 6.06. The highest BCUT2D eigenvalue weighted by Crippen LogP contribution is 2.29. The summed E-state index contributed by atoms with van der Waals surface area (Å²) in [6.07, 6.45) is 1.34. The summed E-state index contributed by atoms with van der Waals surface area (Å²) < 4.78 is 21.1. The average molecular weight is 402 g/mol. The van der Waals surface area contributed by atoms with Gasteiger partial charge in [0.1, 0.15) is 0 Å². The number of carbonyl (C=O) groups is 2. The minimum absolute atomic E-state index is 0.322. The molecule has 0 aromatic heterocycles. The number of carbonyl (C=O) groups excluding carboxylic acids is 2. The van der Waals surface area contributed by atoms with Crippen molar-refractivity contribution in [1.82, 2.24) is 10.6 Å². The number of ether oxygens (including phenoxy) is 4. The van der Waals surface area contributed by atoms with E-state index in [9.17, 15) is 9.59 Å². The van der Waals surface area contributed by atoms with Gasteiger partial charge in [-0.2, -0.15) is 0 Å². The van der Waals surface area contributed by atoms with Gasteiger partial charge in [-0.25, -0.2) is 4.79 Å². The molecule has 156 valence electrons. The Labute approximate surface area is 170 Å². The molecule has 0 saturated heterocycles. The molecule has 0 aliphatic rings. The lowest BCUT2D eigenvalue weighted by Gasteiger charge is -2.12. The summed E-state index contributed by atoms with van der Waals surface area (Å²) in [5.74, 6) is 2.06. The van der Waals surface area contributed by atoms with Crippen LogP contribution in [-0.2, 0) is 17.6 Å². The standard InChI is InChI=1S/C21H26N2O6/c1-26-17-6-4-16(12-19(17)27-2)9-11-23-21(25)29-18-7-5-15(8-10-22-14-24)13-20(18)28-3/h4-7,12-14H,8-11H2,1-3H3,(H,22,24)(H,23,25). The van der Waals surface area contributed by atoms with Crippen LogP contribution in [0, 0.1) is 0 Å². The molecule has 0 radical (unpaired) electrons. The van der Waals surface area contributed by atoms with Crippen LogP contribution in [0.5, 0.6) is 23.0 Å². The number of hydrogen-bond acceptors (Lipinski definition) is 6. The molecule has 0 unspecified atom stereocenters. The van der Waals surface area contributed by atoms with E-state index in [4.69, 9.17) is 18.9 Å². The van der Waals surface area contributed by atoms with E-state index in [2.05, 4.69) is 10.6 Å². The van der Waals surface area contributed by atoms with Gasteiger partial charge in [-0.1, -0.05) is 12.1 Å². The first kappa shape index (κ1) is 21.9. The maximum absolute atomic E-state index is 12.1. The van der Waals surface area contributed by atoms with E-state index in [0.29, 0.717) is 55.3 Å². The van der Waals surface area contributed by atoms with Gasteiger partial charge in [0.25, 0.3) is 0 Å². The van der Waals surface area contributed by atoms with Gasteiger partial charge in [0.2, 0.25) is 6.41 Å². The first-order chi connectivity index (χ1) is 14.1. The third-order valence-corrected chi connectivity index (χ3v) is 4.20. The summed E-state index contributed by atoms with van der Waals surface area (Å²) >= 11 is 0. The van der Waals surface area contributed by atoms with Crippen LogP contribution in [0.1, 0.15) is 11.1 Å². The third kappa shape index (κ3) is 6.60. The van der Waals surface area contributed by atoms with Crippen LogP contribution in [0.15, 0.2) is 36.4 Å². The van der Waals surface area contributed by atoms with Gasteiger partial charge in [0.15, 0.2) is 23.0 Å². The van der Waals surface area contributed by atoms with E-state index in [1.54, 1.807) is 26.4 Å². The lowest BCUT2D eigenvalue weighted by atomic mass is 10.1. The van der Waals surface area contributed by atoms with Gasteiger partial charge in [0.05, 0.1) is 21.3 Å². The molecule has 2 aromatic rings. The molecule has 0 atom stereocenters. The van der Waals surface area contributed by atoms with E-state index >= 15 is 0 Å². The molecule has 0 aliphatic heterocycles. The molecule has 8 heteroatoms. The number of rotatable bonds is 11. The van der Waals surface area contributed by atoms with Crippen molar-refractivity contribution in [1.29, 1.82) is 0 Å². The quantitative estimate of drug-likeness (QED) is 0.443. The van der Waals surface area contributed by atoms with Crippen LogP contribution >= 0.6 is 0 Å². The fourth-order valence-corrected chi connectivity index (χ4v) is 2.71. The van der Waals surface area contributed by atoms with E-state index in [1.165, 1.54) is 7.11 Å². The zero-order valence-corrected chi connectivity index (χ0v) is 16.8. The Morgan fingerprint density at radius 3 is 1.97 bits per heavy atom. The summed E-state index contributed by atoms with van der Waals surface area (Å²) in [6.45, 7) is 0.912. The number of nitrogens with one attached hydrogen (secondary N) is 2. The predicted octanol–water partition coefficient (Wildman–Crippen LogP) is 2.33. The Kier molecular flexibility index (Phi) is 8.62. The van der Waals surface area contributed by atoms with Gasteiger partial charge >= 0.3 is 6.09 Å². The van der Waals surface area contributed by atoms with Crippen LogP contribution < -0.4 is 29.6 Å². The fraction of sp³-hybridized carbons (Fsp3) is 0.333. The number of amides is 2. The molecule has 29 heavy (non-hydrogen) atoms. The van der Waals surface area contributed by atoms with Crippen LogP contribution in [0.2, 0.25) is 0 Å². The van der Waals surface area contributed by atoms with Crippen molar-refractivity contribution in [2.75, 3.05) is 34.4 Å². The van der Waals surface area contributed by atoms with Crippen molar-refractivity contribution >= 4 is 12.5 Å². The Bertz CT molecular complexity index is 825. The smallest absolute Gasteiger partial charge is 0.412 e. The van der Waals surface area contributed by atoms with Crippen molar-refractivity contribution in [3.8, 4) is 23.0 Å². The first-order valence-corrected chi connectivity index (χ1v) is 9.11. The summed E-state index contributed by atoms with van der Waals surface area (Å²) in [6, 6.07) is 10.9. The topological polar surface area (TPSA) is 95.1 Å². The molecule has 2 N–H and O–H groups in total. The highest BCUT2D eigenvalue weighted by atomic mass is 16.6. The highest BCUT2D eigenvalue weighted by Gasteiger charge is 2.11. The molecule has 0 saturated carbocycles. The van der Waals surface area contributed by atoms with Crippen molar-refractivity contribution in [2.24, 2.45) is 0 Å². The molecule has 8 nitrogen and oxygen atoms in total. The van der Waals surface area contributed by atoms with Crippen molar-refractivity contribution in [2.45, 2.75) is 12.8 Å². The zero-order chi connectivity index (χ0) is 21.1. The predicted molar refractivity (Wildman–Crippen MR) is 108 cm³/mol. The first-order valence-electron chi connectivity index (χ1n) is 9.11. The molecule has 2 aromatic carbocycles. The normalized spacial score (nSPS) is 10.0. The Morgan fingerprint density at radius 2 is 1.38 bits per heavy atom. The summed E-state index contributed by atoms with van der Waals surface area (Å²) in [4.78, 5) is 22.4. The highest BCUT2D eigenvalue weighted by molar-refractivity contribution is 5.71.